The van der Waals surface area contributed by atoms with Gasteiger partial charge in [0.15, 0.2) is 0 Å². The van der Waals surface area contributed by atoms with E-state index >= 15 is 0 Å². The number of nitrogens with one attached hydrogen (secondary N) is 1. The third-order valence-corrected chi connectivity index (χ3v) is 2.38. The van der Waals surface area contributed by atoms with Crippen molar-refractivity contribution in [2.45, 2.75) is 58.5 Å². The highest BCUT2D eigenvalue weighted by molar-refractivity contribution is 4.84. The molecule has 0 unspecified atom stereocenters. The second kappa shape index (κ2) is 4.60. The second-order valence-electron chi connectivity index (χ2n) is 4.94. The molecule has 14 heavy (non-hydrogen) atoms. The standard InChI is InChI=1S/C11H23NO2/c1-8(2)13-9(3)10-6-12-7-11(4,5)14-10/h8-10,12H,6-7H2,1-5H3/t9-,10+/m1/s1. The van der Waals surface area contributed by atoms with Crippen LogP contribution in [0.15, 0.2) is 0 Å². The Labute approximate surface area is 87.2 Å². The van der Waals surface area contributed by atoms with Gasteiger partial charge in [-0.15, -0.1) is 0 Å². The maximum absolute atomic E-state index is 5.95. The molecule has 1 aliphatic heterocycles. The minimum Gasteiger partial charge on any atom is -0.373 e. The highest BCUT2D eigenvalue weighted by atomic mass is 16.6. The van der Waals surface area contributed by atoms with Crippen molar-refractivity contribution in [3.63, 3.8) is 0 Å². The number of hydrogen-bond acceptors (Lipinski definition) is 3. The van der Waals surface area contributed by atoms with Gasteiger partial charge in [0.1, 0.15) is 0 Å². The summed E-state index contributed by atoms with van der Waals surface area (Å²) in [6, 6.07) is 0. The van der Waals surface area contributed by atoms with Crippen LogP contribution in [0.25, 0.3) is 0 Å². The summed E-state index contributed by atoms with van der Waals surface area (Å²) in [6.07, 6.45) is 0.585. The van der Waals surface area contributed by atoms with E-state index in [1.54, 1.807) is 0 Å². The quantitative estimate of drug-likeness (QED) is 0.752. The molecule has 84 valence electrons. The summed E-state index contributed by atoms with van der Waals surface area (Å²) in [6.45, 7) is 12.2. The molecule has 0 bridgehead atoms. The number of morpholine rings is 1. The van der Waals surface area contributed by atoms with Gasteiger partial charge in [0.25, 0.3) is 0 Å². The minimum atomic E-state index is -0.0719. The Morgan fingerprint density at radius 2 is 2.00 bits per heavy atom. The largest absolute Gasteiger partial charge is 0.373 e. The van der Waals surface area contributed by atoms with Crippen LogP contribution in [0.1, 0.15) is 34.6 Å². The smallest absolute Gasteiger partial charge is 0.0965 e. The molecule has 2 atom stereocenters. The molecule has 1 fully saturated rings. The van der Waals surface area contributed by atoms with Gasteiger partial charge in [-0.3, -0.25) is 0 Å². The van der Waals surface area contributed by atoms with Gasteiger partial charge in [-0.1, -0.05) is 0 Å². The average molecular weight is 201 g/mol. The van der Waals surface area contributed by atoms with Crippen LogP contribution in [0, 0.1) is 0 Å². The molecule has 3 heteroatoms. The second-order valence-corrected chi connectivity index (χ2v) is 4.94. The molecule has 0 aromatic heterocycles. The predicted molar refractivity (Wildman–Crippen MR) is 57.5 cm³/mol. The lowest BCUT2D eigenvalue weighted by Crippen LogP contribution is -2.54. The molecule has 3 nitrogen and oxygen atoms in total. The van der Waals surface area contributed by atoms with Crippen molar-refractivity contribution in [1.82, 2.24) is 5.32 Å². The van der Waals surface area contributed by atoms with Crippen LogP contribution in [0.3, 0.4) is 0 Å². The highest BCUT2D eigenvalue weighted by Crippen LogP contribution is 2.19. The van der Waals surface area contributed by atoms with Crippen LogP contribution in [-0.2, 0) is 9.47 Å². The maximum atomic E-state index is 5.95. The summed E-state index contributed by atoms with van der Waals surface area (Å²) >= 11 is 0. The van der Waals surface area contributed by atoms with E-state index in [1.807, 2.05) is 0 Å². The first-order chi connectivity index (χ1) is 6.41. The summed E-state index contributed by atoms with van der Waals surface area (Å²) < 4.78 is 11.7. The Morgan fingerprint density at radius 1 is 1.36 bits per heavy atom. The van der Waals surface area contributed by atoms with Crippen molar-refractivity contribution in [2.24, 2.45) is 0 Å². The average Bonchev–Trinajstić information content (AvgIpc) is 2.01. The van der Waals surface area contributed by atoms with Crippen molar-refractivity contribution >= 4 is 0 Å². The third kappa shape index (κ3) is 3.56. The van der Waals surface area contributed by atoms with Crippen LogP contribution < -0.4 is 5.32 Å². The zero-order valence-electron chi connectivity index (χ0n) is 9.96. The summed E-state index contributed by atoms with van der Waals surface area (Å²) in [5.74, 6) is 0. The molecule has 0 aliphatic carbocycles. The number of rotatable bonds is 3. The van der Waals surface area contributed by atoms with Gasteiger partial charge in [0, 0.05) is 13.1 Å². The lowest BCUT2D eigenvalue weighted by Gasteiger charge is -2.39. The molecule has 0 aromatic rings. The Balaban J connectivity index is 2.43. The molecule has 0 aromatic carbocycles. The van der Waals surface area contributed by atoms with Gasteiger partial charge in [-0.05, 0) is 34.6 Å². The Kier molecular flexibility index (Phi) is 3.93. The van der Waals surface area contributed by atoms with E-state index in [9.17, 15) is 0 Å². The Bertz CT molecular complexity index is 180. The number of ether oxygens (including phenoxy) is 2. The van der Waals surface area contributed by atoms with Gasteiger partial charge in [-0.2, -0.15) is 0 Å². The van der Waals surface area contributed by atoms with Crippen LogP contribution in [-0.4, -0.2) is 37.0 Å². The molecule has 0 radical (unpaired) electrons. The summed E-state index contributed by atoms with van der Waals surface area (Å²) in [4.78, 5) is 0. The first-order valence-corrected chi connectivity index (χ1v) is 5.45. The molecule has 1 rings (SSSR count). The summed E-state index contributed by atoms with van der Waals surface area (Å²) in [5, 5.41) is 3.37. The molecule has 1 N–H and O–H groups in total. The molecule has 0 saturated carbocycles. The van der Waals surface area contributed by atoms with Crippen LogP contribution >= 0.6 is 0 Å². The molecule has 1 aliphatic rings. The van der Waals surface area contributed by atoms with Gasteiger partial charge in [0.2, 0.25) is 0 Å². The zero-order valence-corrected chi connectivity index (χ0v) is 9.96. The van der Waals surface area contributed by atoms with Crippen molar-refractivity contribution in [3.8, 4) is 0 Å². The lowest BCUT2D eigenvalue weighted by atomic mass is 10.1. The van der Waals surface area contributed by atoms with E-state index in [0.717, 1.165) is 13.1 Å². The van der Waals surface area contributed by atoms with Gasteiger partial charge >= 0.3 is 0 Å². The molecular formula is C11H23NO2. The van der Waals surface area contributed by atoms with Crippen molar-refractivity contribution < 1.29 is 9.47 Å². The Morgan fingerprint density at radius 3 is 2.50 bits per heavy atom. The van der Waals surface area contributed by atoms with Crippen LogP contribution in [0.2, 0.25) is 0 Å². The number of hydrogen-bond donors (Lipinski definition) is 1. The third-order valence-electron chi connectivity index (χ3n) is 2.38. The zero-order chi connectivity index (χ0) is 10.8. The summed E-state index contributed by atoms with van der Waals surface area (Å²) in [7, 11) is 0. The molecule has 1 saturated heterocycles. The highest BCUT2D eigenvalue weighted by Gasteiger charge is 2.32. The van der Waals surface area contributed by atoms with E-state index in [4.69, 9.17) is 9.47 Å². The SMILES string of the molecule is CC(C)O[C@H](C)[C@@H]1CNCC(C)(C)O1. The van der Waals surface area contributed by atoms with E-state index in [2.05, 4.69) is 39.9 Å². The fourth-order valence-corrected chi connectivity index (χ4v) is 1.79. The fourth-order valence-electron chi connectivity index (χ4n) is 1.79. The molecule has 1 heterocycles. The van der Waals surface area contributed by atoms with Crippen molar-refractivity contribution in [1.29, 1.82) is 0 Å². The summed E-state index contributed by atoms with van der Waals surface area (Å²) in [5.41, 5.74) is -0.0719. The van der Waals surface area contributed by atoms with E-state index in [0.29, 0.717) is 0 Å². The normalized spacial score (nSPS) is 29.1. The topological polar surface area (TPSA) is 30.5 Å². The molecule has 0 amide bonds. The fraction of sp³-hybridized carbons (Fsp3) is 1.00. The van der Waals surface area contributed by atoms with E-state index in [1.165, 1.54) is 0 Å². The first kappa shape index (κ1) is 12.0. The van der Waals surface area contributed by atoms with Gasteiger partial charge in [0.05, 0.1) is 23.9 Å². The van der Waals surface area contributed by atoms with E-state index < -0.39 is 0 Å². The lowest BCUT2D eigenvalue weighted by molar-refractivity contribution is -0.155. The Hall–Kier alpha value is -0.120. The van der Waals surface area contributed by atoms with Crippen molar-refractivity contribution in [2.75, 3.05) is 13.1 Å². The molecular weight excluding hydrogens is 178 g/mol. The first-order valence-electron chi connectivity index (χ1n) is 5.45. The van der Waals surface area contributed by atoms with Crippen LogP contribution in [0.5, 0.6) is 0 Å². The minimum absolute atomic E-state index is 0.0719. The van der Waals surface area contributed by atoms with Crippen molar-refractivity contribution in [3.05, 3.63) is 0 Å². The maximum Gasteiger partial charge on any atom is 0.0965 e. The van der Waals surface area contributed by atoms with Crippen LogP contribution in [0.4, 0.5) is 0 Å². The van der Waals surface area contributed by atoms with E-state index in [-0.39, 0.29) is 23.9 Å². The monoisotopic (exact) mass is 201 g/mol. The molecule has 0 spiro atoms. The van der Waals surface area contributed by atoms with Gasteiger partial charge < -0.3 is 14.8 Å². The predicted octanol–water partition coefficient (Wildman–Crippen LogP) is 1.57. The van der Waals surface area contributed by atoms with Gasteiger partial charge in [-0.25, -0.2) is 0 Å².